The number of fused-ring (bicyclic) bond motifs is 5. The minimum Gasteiger partial charge on any atom is -0.479 e. The molecular formula is C17H25NO3. The van der Waals surface area contributed by atoms with E-state index in [0.29, 0.717) is 24.7 Å². The van der Waals surface area contributed by atoms with Crippen molar-refractivity contribution >= 4 is 11.9 Å². The first-order valence-electron chi connectivity index (χ1n) is 8.57. The monoisotopic (exact) mass is 291 g/mol. The molecule has 2 bridgehead atoms. The fourth-order valence-electron chi connectivity index (χ4n) is 5.92. The van der Waals surface area contributed by atoms with Gasteiger partial charge in [0.2, 0.25) is 5.91 Å². The van der Waals surface area contributed by atoms with E-state index < -0.39 is 11.5 Å². The lowest BCUT2D eigenvalue weighted by atomic mass is 9.80. The molecule has 1 N–H and O–H groups in total. The van der Waals surface area contributed by atoms with E-state index in [4.69, 9.17) is 0 Å². The molecule has 0 aromatic carbocycles. The minimum absolute atomic E-state index is 0.130. The summed E-state index contributed by atoms with van der Waals surface area (Å²) in [6.45, 7) is 0. The van der Waals surface area contributed by atoms with Gasteiger partial charge in [0.05, 0.1) is 0 Å². The largest absolute Gasteiger partial charge is 0.479 e. The molecule has 4 rings (SSSR count). The number of carboxylic acids is 1. The molecule has 0 saturated heterocycles. The summed E-state index contributed by atoms with van der Waals surface area (Å²) in [4.78, 5) is 26.4. The number of carbonyl (C=O) groups excluding carboxylic acids is 1. The highest BCUT2D eigenvalue weighted by atomic mass is 16.4. The van der Waals surface area contributed by atoms with Gasteiger partial charge in [0.25, 0.3) is 0 Å². The third-order valence-electron chi connectivity index (χ3n) is 7.07. The number of amides is 1. The highest BCUT2D eigenvalue weighted by molar-refractivity contribution is 5.90. The summed E-state index contributed by atoms with van der Waals surface area (Å²) < 4.78 is 0. The van der Waals surface area contributed by atoms with Crippen LogP contribution in [0.5, 0.6) is 0 Å². The lowest BCUT2D eigenvalue weighted by Crippen LogP contribution is -2.57. The van der Waals surface area contributed by atoms with E-state index in [1.807, 2.05) is 0 Å². The molecule has 4 heteroatoms. The predicted octanol–water partition coefficient (Wildman–Crippen LogP) is 2.52. The number of rotatable bonds is 3. The van der Waals surface area contributed by atoms with Gasteiger partial charge < -0.3 is 10.0 Å². The third-order valence-corrected chi connectivity index (χ3v) is 7.07. The van der Waals surface area contributed by atoms with E-state index in [-0.39, 0.29) is 11.8 Å². The van der Waals surface area contributed by atoms with E-state index in [0.717, 1.165) is 31.1 Å². The van der Waals surface area contributed by atoms with Crippen molar-refractivity contribution in [2.24, 2.45) is 29.6 Å². The minimum atomic E-state index is -0.925. The van der Waals surface area contributed by atoms with Crippen LogP contribution in [-0.2, 0) is 9.59 Å². The number of likely N-dealkylation sites (N-methyl/N-ethyl adjacent to an activating group) is 1. The zero-order valence-electron chi connectivity index (χ0n) is 12.8. The first-order valence-corrected chi connectivity index (χ1v) is 8.57. The molecule has 4 atom stereocenters. The molecule has 0 aromatic heterocycles. The van der Waals surface area contributed by atoms with Crippen molar-refractivity contribution in [2.75, 3.05) is 7.05 Å². The van der Waals surface area contributed by atoms with Crippen molar-refractivity contribution < 1.29 is 14.7 Å². The number of hydrogen-bond acceptors (Lipinski definition) is 2. The summed E-state index contributed by atoms with van der Waals surface area (Å²) in [5.41, 5.74) is -0.925. The fourth-order valence-corrected chi connectivity index (χ4v) is 5.92. The van der Waals surface area contributed by atoms with Gasteiger partial charge in [-0.2, -0.15) is 0 Å². The van der Waals surface area contributed by atoms with Crippen molar-refractivity contribution in [1.82, 2.24) is 4.90 Å². The Kier molecular flexibility index (Phi) is 2.89. The maximum absolute atomic E-state index is 12.9. The molecule has 4 unspecified atom stereocenters. The Morgan fingerprint density at radius 2 is 1.62 bits per heavy atom. The van der Waals surface area contributed by atoms with Gasteiger partial charge in [0, 0.05) is 13.0 Å². The van der Waals surface area contributed by atoms with Crippen molar-refractivity contribution in [3.63, 3.8) is 0 Å². The first kappa shape index (κ1) is 13.6. The Labute approximate surface area is 125 Å². The number of carboxylic acid groups (broad SMARTS) is 1. The maximum atomic E-state index is 12.9. The summed E-state index contributed by atoms with van der Waals surface area (Å²) >= 11 is 0. The molecule has 21 heavy (non-hydrogen) atoms. The van der Waals surface area contributed by atoms with Gasteiger partial charge in [-0.3, -0.25) is 4.79 Å². The Morgan fingerprint density at radius 3 is 2.14 bits per heavy atom. The van der Waals surface area contributed by atoms with Crippen LogP contribution in [0.3, 0.4) is 0 Å². The van der Waals surface area contributed by atoms with Crippen LogP contribution in [-0.4, -0.2) is 34.5 Å². The molecule has 4 aliphatic rings. The van der Waals surface area contributed by atoms with E-state index in [1.54, 1.807) is 11.9 Å². The van der Waals surface area contributed by atoms with E-state index >= 15 is 0 Å². The second-order valence-electron chi connectivity index (χ2n) is 7.81. The quantitative estimate of drug-likeness (QED) is 0.869. The van der Waals surface area contributed by atoms with Gasteiger partial charge in [0.15, 0.2) is 0 Å². The van der Waals surface area contributed by atoms with Gasteiger partial charge in [-0.25, -0.2) is 4.79 Å². The Hall–Kier alpha value is -1.06. The molecule has 4 aliphatic carbocycles. The van der Waals surface area contributed by atoms with E-state index in [2.05, 4.69) is 0 Å². The van der Waals surface area contributed by atoms with Crippen LogP contribution in [0.15, 0.2) is 0 Å². The molecule has 0 aliphatic heterocycles. The Balaban J connectivity index is 1.53. The highest BCUT2D eigenvalue weighted by Gasteiger charge is 2.68. The summed E-state index contributed by atoms with van der Waals surface area (Å²) in [6.07, 6.45) is 8.11. The molecule has 0 spiro atoms. The number of nitrogens with zero attached hydrogens (tertiary/aromatic N) is 1. The van der Waals surface area contributed by atoms with Crippen LogP contribution in [0.4, 0.5) is 0 Å². The normalized spacial score (nSPS) is 42.4. The molecule has 4 fully saturated rings. The van der Waals surface area contributed by atoms with Crippen LogP contribution in [0.1, 0.15) is 51.4 Å². The van der Waals surface area contributed by atoms with Crippen LogP contribution in [0, 0.1) is 29.6 Å². The fraction of sp³-hybridized carbons (Fsp3) is 0.882. The zero-order valence-corrected chi connectivity index (χ0v) is 12.8. The molecule has 0 aromatic rings. The predicted molar refractivity (Wildman–Crippen MR) is 77.5 cm³/mol. The topological polar surface area (TPSA) is 57.6 Å². The van der Waals surface area contributed by atoms with Crippen molar-refractivity contribution in [1.29, 1.82) is 0 Å². The average Bonchev–Trinajstić information content (AvgIpc) is 2.93. The van der Waals surface area contributed by atoms with E-state index in [9.17, 15) is 14.7 Å². The maximum Gasteiger partial charge on any atom is 0.329 e. The average molecular weight is 291 g/mol. The standard InChI is InChI=1S/C17H25NO3/c1-18(17(16(20)21)7-3-2-4-8-17)15(19)14-12-10-5-6-11(9-10)13(12)14/h10-14H,2-9H2,1H3,(H,20,21). The second-order valence-corrected chi connectivity index (χ2v) is 7.81. The van der Waals surface area contributed by atoms with Crippen LogP contribution >= 0.6 is 0 Å². The first-order chi connectivity index (χ1) is 10.1. The molecule has 4 nitrogen and oxygen atoms in total. The van der Waals surface area contributed by atoms with Crippen molar-refractivity contribution in [2.45, 2.75) is 56.9 Å². The van der Waals surface area contributed by atoms with Crippen LogP contribution < -0.4 is 0 Å². The van der Waals surface area contributed by atoms with Crippen LogP contribution in [0.25, 0.3) is 0 Å². The summed E-state index contributed by atoms with van der Waals surface area (Å²) in [5, 5.41) is 9.74. The molecule has 4 saturated carbocycles. The van der Waals surface area contributed by atoms with Crippen LogP contribution in [0.2, 0.25) is 0 Å². The van der Waals surface area contributed by atoms with Crippen molar-refractivity contribution in [3.8, 4) is 0 Å². The molecule has 0 radical (unpaired) electrons. The van der Waals surface area contributed by atoms with Gasteiger partial charge in [-0.1, -0.05) is 19.3 Å². The molecular weight excluding hydrogens is 266 g/mol. The number of aliphatic carboxylic acids is 1. The smallest absolute Gasteiger partial charge is 0.329 e. The Morgan fingerprint density at radius 1 is 1.05 bits per heavy atom. The Bertz CT molecular complexity index is 466. The van der Waals surface area contributed by atoms with Gasteiger partial charge in [-0.15, -0.1) is 0 Å². The zero-order chi connectivity index (χ0) is 14.8. The van der Waals surface area contributed by atoms with Gasteiger partial charge in [0.1, 0.15) is 5.54 Å². The molecule has 1 amide bonds. The number of hydrogen-bond donors (Lipinski definition) is 1. The third kappa shape index (κ3) is 1.74. The van der Waals surface area contributed by atoms with Gasteiger partial charge in [-0.05, 0) is 55.8 Å². The molecule has 116 valence electrons. The van der Waals surface area contributed by atoms with Crippen molar-refractivity contribution in [3.05, 3.63) is 0 Å². The summed E-state index contributed by atoms with van der Waals surface area (Å²) in [6, 6.07) is 0. The summed E-state index contributed by atoms with van der Waals surface area (Å²) in [5.74, 6) is 2.18. The highest BCUT2D eigenvalue weighted by Crippen LogP contribution is 2.69. The lowest BCUT2D eigenvalue weighted by molar-refractivity contribution is -0.161. The summed E-state index contributed by atoms with van der Waals surface area (Å²) in [7, 11) is 1.75. The second kappa shape index (κ2) is 4.47. The van der Waals surface area contributed by atoms with E-state index in [1.165, 1.54) is 19.3 Å². The lowest BCUT2D eigenvalue weighted by Gasteiger charge is -2.41. The number of carbonyl (C=O) groups is 2. The SMILES string of the molecule is CN(C(=O)C1C2C3CCC(C3)C12)C1(C(=O)O)CCCCC1. The molecule has 0 heterocycles. The van der Waals surface area contributed by atoms with Gasteiger partial charge >= 0.3 is 5.97 Å².